The maximum Gasteiger partial charge on any atom is 0.257 e. The normalized spacial score (nSPS) is 10.5. The second-order valence-electron chi connectivity index (χ2n) is 4.76. The molecule has 0 fully saturated rings. The Labute approximate surface area is 141 Å². The van der Waals surface area contributed by atoms with Gasteiger partial charge in [0.2, 0.25) is 0 Å². The Balaban J connectivity index is 1.67. The van der Waals surface area contributed by atoms with Gasteiger partial charge >= 0.3 is 0 Å². The third-order valence-electron chi connectivity index (χ3n) is 3.05. The summed E-state index contributed by atoms with van der Waals surface area (Å²) in [6.07, 6.45) is 3.80. The van der Waals surface area contributed by atoms with Crippen molar-refractivity contribution in [3.8, 4) is 0 Å². The van der Waals surface area contributed by atoms with E-state index in [0.717, 1.165) is 10.4 Å². The molecule has 7 heteroatoms. The van der Waals surface area contributed by atoms with Gasteiger partial charge in [-0.05, 0) is 29.8 Å². The molecule has 1 aromatic carbocycles. The van der Waals surface area contributed by atoms with Crippen molar-refractivity contribution in [1.29, 1.82) is 0 Å². The molecule has 0 atom stereocenters. The zero-order valence-electron chi connectivity index (χ0n) is 11.8. The number of anilines is 1. The molecular weight excluding hydrogens is 337 g/mol. The summed E-state index contributed by atoms with van der Waals surface area (Å²) in [5, 5.41) is 3.48. The Hall–Kier alpha value is -2.31. The summed E-state index contributed by atoms with van der Waals surface area (Å²) >= 11 is 7.14. The molecule has 23 heavy (non-hydrogen) atoms. The molecule has 0 spiro atoms. The van der Waals surface area contributed by atoms with Crippen LogP contribution in [0.3, 0.4) is 0 Å². The Morgan fingerprint density at radius 1 is 1.22 bits per heavy atom. The van der Waals surface area contributed by atoms with Crippen molar-refractivity contribution >= 4 is 34.0 Å². The average Bonchev–Trinajstić information content (AvgIpc) is 2.96. The molecule has 2 heterocycles. The van der Waals surface area contributed by atoms with Gasteiger partial charge in [0.1, 0.15) is 11.0 Å². The summed E-state index contributed by atoms with van der Waals surface area (Å²) < 4.78 is 12.9. The Morgan fingerprint density at radius 2 is 2.00 bits per heavy atom. The first-order chi connectivity index (χ1) is 11.1. The zero-order valence-corrected chi connectivity index (χ0v) is 13.4. The first-order valence-corrected chi connectivity index (χ1v) is 7.91. The standard InChI is InChI=1S/C16H11ClFN3OS/c17-14-8-11(5-6-19-14)15(22)21-16-20-9-13(23-16)7-10-1-3-12(18)4-2-10/h1-6,8-9H,7H2,(H,20,21,22). The highest BCUT2D eigenvalue weighted by molar-refractivity contribution is 7.15. The fourth-order valence-electron chi connectivity index (χ4n) is 1.96. The van der Waals surface area contributed by atoms with Gasteiger partial charge in [-0.1, -0.05) is 23.7 Å². The number of rotatable bonds is 4. The minimum atomic E-state index is -0.294. The molecule has 0 radical (unpaired) electrons. The third kappa shape index (κ3) is 4.12. The average molecular weight is 348 g/mol. The summed E-state index contributed by atoms with van der Waals surface area (Å²) in [5.74, 6) is -0.556. The number of benzene rings is 1. The van der Waals surface area contributed by atoms with Crippen molar-refractivity contribution in [2.75, 3.05) is 5.32 Å². The van der Waals surface area contributed by atoms with E-state index >= 15 is 0 Å². The number of thiazole rings is 1. The number of nitrogens with zero attached hydrogens (tertiary/aromatic N) is 2. The van der Waals surface area contributed by atoms with E-state index in [1.54, 1.807) is 24.4 Å². The number of pyridine rings is 1. The molecule has 0 unspecified atom stereocenters. The fourth-order valence-corrected chi connectivity index (χ4v) is 2.98. The largest absolute Gasteiger partial charge is 0.298 e. The van der Waals surface area contributed by atoms with Gasteiger partial charge in [0.15, 0.2) is 5.13 Å². The lowest BCUT2D eigenvalue weighted by Gasteiger charge is -2.01. The van der Waals surface area contributed by atoms with Crippen LogP contribution in [0, 0.1) is 5.82 Å². The van der Waals surface area contributed by atoms with Crippen molar-refractivity contribution < 1.29 is 9.18 Å². The van der Waals surface area contributed by atoms with Gasteiger partial charge in [0.25, 0.3) is 5.91 Å². The lowest BCUT2D eigenvalue weighted by Crippen LogP contribution is -2.11. The molecular formula is C16H11ClFN3OS. The van der Waals surface area contributed by atoms with Gasteiger partial charge in [-0.2, -0.15) is 0 Å². The van der Waals surface area contributed by atoms with Crippen LogP contribution in [0.15, 0.2) is 48.8 Å². The number of aromatic nitrogens is 2. The van der Waals surface area contributed by atoms with E-state index in [9.17, 15) is 9.18 Å². The lowest BCUT2D eigenvalue weighted by atomic mass is 10.1. The predicted molar refractivity (Wildman–Crippen MR) is 88.5 cm³/mol. The van der Waals surface area contributed by atoms with Gasteiger partial charge in [0, 0.05) is 29.3 Å². The fraction of sp³-hybridized carbons (Fsp3) is 0.0625. The van der Waals surface area contributed by atoms with E-state index in [0.29, 0.717) is 17.1 Å². The SMILES string of the molecule is O=C(Nc1ncc(Cc2ccc(F)cc2)s1)c1ccnc(Cl)c1. The number of carbonyl (C=O) groups excluding carboxylic acids is 1. The summed E-state index contributed by atoms with van der Waals surface area (Å²) in [6.45, 7) is 0. The second-order valence-corrected chi connectivity index (χ2v) is 6.26. The van der Waals surface area contributed by atoms with Crippen LogP contribution < -0.4 is 5.32 Å². The van der Waals surface area contributed by atoms with Crippen molar-refractivity contribution in [2.45, 2.75) is 6.42 Å². The van der Waals surface area contributed by atoms with Crippen LogP contribution in [-0.2, 0) is 6.42 Å². The number of nitrogens with one attached hydrogen (secondary N) is 1. The van der Waals surface area contributed by atoms with Gasteiger partial charge in [-0.25, -0.2) is 14.4 Å². The number of hydrogen-bond donors (Lipinski definition) is 1. The van der Waals surface area contributed by atoms with Crippen molar-refractivity contribution in [3.63, 3.8) is 0 Å². The van der Waals surface area contributed by atoms with Crippen molar-refractivity contribution in [3.05, 3.63) is 75.8 Å². The number of carbonyl (C=O) groups is 1. The second kappa shape index (κ2) is 6.85. The molecule has 116 valence electrons. The van der Waals surface area contributed by atoms with Crippen LogP contribution in [0.25, 0.3) is 0 Å². The molecule has 0 saturated heterocycles. The molecule has 1 N–H and O–H groups in total. The van der Waals surface area contributed by atoms with Crippen LogP contribution in [0.1, 0.15) is 20.8 Å². The monoisotopic (exact) mass is 347 g/mol. The Morgan fingerprint density at radius 3 is 2.74 bits per heavy atom. The van der Waals surface area contributed by atoms with Crippen molar-refractivity contribution in [1.82, 2.24) is 9.97 Å². The lowest BCUT2D eigenvalue weighted by molar-refractivity contribution is 0.102. The maximum absolute atomic E-state index is 12.9. The van der Waals surface area contributed by atoms with Gasteiger partial charge in [-0.15, -0.1) is 11.3 Å². The van der Waals surface area contributed by atoms with Crippen LogP contribution in [-0.4, -0.2) is 15.9 Å². The number of hydrogen-bond acceptors (Lipinski definition) is 4. The smallest absolute Gasteiger partial charge is 0.257 e. The molecule has 0 bridgehead atoms. The number of halogens is 2. The predicted octanol–water partition coefficient (Wildman–Crippen LogP) is 4.17. The first-order valence-electron chi connectivity index (χ1n) is 6.72. The van der Waals surface area contributed by atoms with E-state index in [1.807, 2.05) is 0 Å². The van der Waals surface area contributed by atoms with E-state index in [-0.39, 0.29) is 16.9 Å². The Kier molecular flexibility index (Phi) is 4.64. The quantitative estimate of drug-likeness (QED) is 0.720. The van der Waals surface area contributed by atoms with E-state index < -0.39 is 0 Å². The molecule has 0 aliphatic rings. The third-order valence-corrected chi connectivity index (χ3v) is 4.17. The maximum atomic E-state index is 12.9. The Bertz CT molecular complexity index is 835. The van der Waals surface area contributed by atoms with Crippen LogP contribution >= 0.6 is 22.9 Å². The van der Waals surface area contributed by atoms with Gasteiger partial charge in [0.05, 0.1) is 0 Å². The summed E-state index contributed by atoms with van der Waals surface area (Å²) in [6, 6.07) is 9.37. The van der Waals surface area contributed by atoms with Crippen LogP contribution in [0.4, 0.5) is 9.52 Å². The molecule has 0 aliphatic carbocycles. The summed E-state index contributed by atoms with van der Waals surface area (Å²) in [5.41, 5.74) is 1.40. The molecule has 3 rings (SSSR count). The van der Waals surface area contributed by atoms with Gasteiger partial charge in [-0.3, -0.25) is 10.1 Å². The summed E-state index contributed by atoms with van der Waals surface area (Å²) in [7, 11) is 0. The molecule has 0 saturated carbocycles. The number of amides is 1. The topological polar surface area (TPSA) is 54.9 Å². The van der Waals surface area contributed by atoms with E-state index in [4.69, 9.17) is 11.6 Å². The van der Waals surface area contributed by atoms with E-state index in [2.05, 4.69) is 15.3 Å². The molecule has 3 aromatic rings. The highest BCUT2D eigenvalue weighted by Gasteiger charge is 2.10. The van der Waals surface area contributed by atoms with E-state index in [1.165, 1.54) is 35.7 Å². The van der Waals surface area contributed by atoms with Crippen LogP contribution in [0.2, 0.25) is 5.15 Å². The van der Waals surface area contributed by atoms with Crippen molar-refractivity contribution in [2.24, 2.45) is 0 Å². The minimum absolute atomic E-state index is 0.258. The molecule has 0 aliphatic heterocycles. The first kappa shape index (κ1) is 15.6. The molecule has 4 nitrogen and oxygen atoms in total. The van der Waals surface area contributed by atoms with Crippen LogP contribution in [0.5, 0.6) is 0 Å². The summed E-state index contributed by atoms with van der Waals surface area (Å²) in [4.78, 5) is 21.1. The highest BCUT2D eigenvalue weighted by Crippen LogP contribution is 2.22. The molecule has 2 aromatic heterocycles. The zero-order chi connectivity index (χ0) is 16.2. The highest BCUT2D eigenvalue weighted by atomic mass is 35.5. The minimum Gasteiger partial charge on any atom is -0.298 e. The molecule has 1 amide bonds. The van der Waals surface area contributed by atoms with Gasteiger partial charge < -0.3 is 0 Å².